The third-order valence-electron chi connectivity index (χ3n) is 6.29. The van der Waals surface area contributed by atoms with Gasteiger partial charge < -0.3 is 19.7 Å². The summed E-state index contributed by atoms with van der Waals surface area (Å²) in [5.74, 6) is 0.215. The number of halogens is 1. The molecule has 9 nitrogen and oxygen atoms in total. The highest BCUT2D eigenvalue weighted by Gasteiger charge is 2.26. The number of hydrogen-bond acceptors (Lipinski definition) is 6. The molecule has 11 heteroatoms. The Bertz CT molecular complexity index is 1400. The zero-order chi connectivity index (χ0) is 30.0. The van der Waals surface area contributed by atoms with Crippen LogP contribution in [0, 0.1) is 11.7 Å². The molecule has 0 aliphatic heterocycles. The lowest BCUT2D eigenvalue weighted by atomic mass is 10.1. The van der Waals surface area contributed by atoms with Crippen molar-refractivity contribution in [2.24, 2.45) is 5.92 Å². The third kappa shape index (κ3) is 9.49. The SMILES string of the molecule is COc1ccc(CN(C(=O)COc2ccc(S(=O)(=O)Nc3ccc(F)cc3)cc2)[C@@H](C)C(=O)NCCC(C)C)cc1. The van der Waals surface area contributed by atoms with Gasteiger partial charge in [-0.1, -0.05) is 26.0 Å². The largest absolute Gasteiger partial charge is 0.497 e. The molecule has 0 spiro atoms. The molecular formula is C30H36FN3O6S. The van der Waals surface area contributed by atoms with Crippen LogP contribution in [0.4, 0.5) is 10.1 Å². The lowest BCUT2D eigenvalue weighted by Gasteiger charge is -2.29. The van der Waals surface area contributed by atoms with Crippen LogP contribution in [0.25, 0.3) is 0 Å². The van der Waals surface area contributed by atoms with Gasteiger partial charge in [0.05, 0.1) is 12.0 Å². The Balaban J connectivity index is 1.67. The van der Waals surface area contributed by atoms with Gasteiger partial charge in [-0.25, -0.2) is 12.8 Å². The zero-order valence-electron chi connectivity index (χ0n) is 23.6. The summed E-state index contributed by atoms with van der Waals surface area (Å²) in [7, 11) is -2.35. The second kappa shape index (κ2) is 14.5. The Morgan fingerprint density at radius 1 is 0.902 bits per heavy atom. The van der Waals surface area contributed by atoms with E-state index in [0.29, 0.717) is 18.2 Å². The molecule has 0 aliphatic rings. The lowest BCUT2D eigenvalue weighted by Crippen LogP contribution is -2.49. The molecule has 0 radical (unpaired) electrons. The summed E-state index contributed by atoms with van der Waals surface area (Å²) in [6, 6.07) is 16.9. The fraction of sp³-hybridized carbons (Fsp3) is 0.333. The molecule has 0 saturated carbocycles. The molecule has 0 unspecified atom stereocenters. The van der Waals surface area contributed by atoms with Crippen molar-refractivity contribution in [3.05, 3.63) is 84.2 Å². The van der Waals surface area contributed by atoms with Gasteiger partial charge in [0.25, 0.3) is 15.9 Å². The predicted octanol–water partition coefficient (Wildman–Crippen LogP) is 4.59. The average Bonchev–Trinajstić information content (AvgIpc) is 2.95. The topological polar surface area (TPSA) is 114 Å². The summed E-state index contributed by atoms with van der Waals surface area (Å²) in [6.45, 7) is 6.12. The van der Waals surface area contributed by atoms with Crippen molar-refractivity contribution in [3.63, 3.8) is 0 Å². The van der Waals surface area contributed by atoms with Crippen LogP contribution in [0.3, 0.4) is 0 Å². The van der Waals surface area contributed by atoms with Gasteiger partial charge in [-0.05, 0) is 85.5 Å². The smallest absolute Gasteiger partial charge is 0.261 e. The van der Waals surface area contributed by atoms with Crippen LogP contribution in [0.5, 0.6) is 11.5 Å². The van der Waals surface area contributed by atoms with Crippen LogP contribution in [-0.2, 0) is 26.2 Å². The van der Waals surface area contributed by atoms with Crippen molar-refractivity contribution in [2.45, 2.75) is 44.7 Å². The number of carbonyl (C=O) groups excluding carboxylic acids is 2. The number of amides is 2. The van der Waals surface area contributed by atoms with Crippen molar-refractivity contribution in [3.8, 4) is 11.5 Å². The number of benzene rings is 3. The van der Waals surface area contributed by atoms with E-state index in [4.69, 9.17) is 9.47 Å². The fourth-order valence-electron chi connectivity index (χ4n) is 3.82. The summed E-state index contributed by atoms with van der Waals surface area (Å²) >= 11 is 0. The molecule has 3 aromatic carbocycles. The Morgan fingerprint density at radius 2 is 1.51 bits per heavy atom. The maximum Gasteiger partial charge on any atom is 0.261 e. The number of methoxy groups -OCH3 is 1. The molecule has 3 rings (SSSR count). The van der Waals surface area contributed by atoms with Gasteiger partial charge in [0.15, 0.2) is 6.61 Å². The van der Waals surface area contributed by atoms with Crippen LogP contribution in [0.1, 0.15) is 32.8 Å². The number of anilines is 1. The summed E-state index contributed by atoms with van der Waals surface area (Å²) in [5, 5.41) is 2.89. The van der Waals surface area contributed by atoms with Crippen LogP contribution >= 0.6 is 0 Å². The normalized spacial score (nSPS) is 12.0. The third-order valence-corrected chi connectivity index (χ3v) is 7.69. The molecule has 0 bridgehead atoms. The molecule has 0 fully saturated rings. The van der Waals surface area contributed by atoms with E-state index in [-0.39, 0.29) is 35.4 Å². The van der Waals surface area contributed by atoms with E-state index >= 15 is 0 Å². The first-order valence-electron chi connectivity index (χ1n) is 13.2. The minimum absolute atomic E-state index is 0.0340. The molecular weight excluding hydrogens is 549 g/mol. The predicted molar refractivity (Wildman–Crippen MR) is 155 cm³/mol. The number of nitrogens with zero attached hydrogens (tertiary/aromatic N) is 1. The van der Waals surface area contributed by atoms with E-state index < -0.39 is 27.8 Å². The van der Waals surface area contributed by atoms with E-state index in [1.165, 1.54) is 41.3 Å². The molecule has 41 heavy (non-hydrogen) atoms. The monoisotopic (exact) mass is 585 g/mol. The van der Waals surface area contributed by atoms with E-state index in [9.17, 15) is 22.4 Å². The van der Waals surface area contributed by atoms with E-state index in [0.717, 1.165) is 24.1 Å². The zero-order valence-corrected chi connectivity index (χ0v) is 24.4. The van der Waals surface area contributed by atoms with Gasteiger partial charge in [-0.15, -0.1) is 0 Å². The number of rotatable bonds is 14. The first kappa shape index (κ1) is 31.4. The van der Waals surface area contributed by atoms with Crippen molar-refractivity contribution < 1.29 is 31.9 Å². The molecule has 0 saturated heterocycles. The van der Waals surface area contributed by atoms with Crippen LogP contribution in [0.15, 0.2) is 77.7 Å². The van der Waals surface area contributed by atoms with Crippen LogP contribution in [0.2, 0.25) is 0 Å². The standard InChI is InChI=1S/C30H36FN3O6S/c1-21(2)17-18-32-30(36)22(3)34(19-23-5-11-26(39-4)12-6-23)29(35)20-40-27-13-15-28(16-14-27)41(37,38)33-25-9-7-24(31)8-10-25/h5-16,21-22,33H,17-20H2,1-4H3,(H,32,36)/t22-/m0/s1. The van der Waals surface area contributed by atoms with Crippen molar-refractivity contribution in [1.82, 2.24) is 10.2 Å². The van der Waals surface area contributed by atoms with Crippen molar-refractivity contribution in [1.29, 1.82) is 0 Å². The molecule has 2 N–H and O–H groups in total. The molecule has 3 aromatic rings. The number of carbonyl (C=O) groups is 2. The minimum atomic E-state index is -3.92. The van der Waals surface area contributed by atoms with Gasteiger partial charge in [-0.2, -0.15) is 0 Å². The Hall–Kier alpha value is -4.12. The van der Waals surface area contributed by atoms with E-state index in [2.05, 4.69) is 23.9 Å². The Kier molecular flexibility index (Phi) is 11.1. The highest BCUT2D eigenvalue weighted by atomic mass is 32.2. The van der Waals surface area contributed by atoms with Crippen molar-refractivity contribution in [2.75, 3.05) is 25.0 Å². The first-order valence-corrected chi connectivity index (χ1v) is 14.7. The molecule has 0 heterocycles. The summed E-state index contributed by atoms with van der Waals surface area (Å²) in [6.07, 6.45) is 0.819. The lowest BCUT2D eigenvalue weighted by molar-refractivity contribution is -0.142. The van der Waals surface area contributed by atoms with E-state index in [1.807, 2.05) is 12.1 Å². The fourth-order valence-corrected chi connectivity index (χ4v) is 4.88. The van der Waals surface area contributed by atoms with Crippen molar-refractivity contribution >= 4 is 27.5 Å². The minimum Gasteiger partial charge on any atom is -0.497 e. The first-order chi connectivity index (χ1) is 19.5. The Morgan fingerprint density at radius 3 is 2.10 bits per heavy atom. The second-order valence-corrected chi connectivity index (χ2v) is 11.6. The molecule has 2 amide bonds. The molecule has 220 valence electrons. The van der Waals surface area contributed by atoms with Gasteiger partial charge >= 0.3 is 0 Å². The summed E-state index contributed by atoms with van der Waals surface area (Å²) in [5.41, 5.74) is 1.03. The average molecular weight is 586 g/mol. The second-order valence-electron chi connectivity index (χ2n) is 9.89. The Labute approximate surface area is 240 Å². The number of sulfonamides is 1. The number of hydrogen-bond donors (Lipinski definition) is 2. The summed E-state index contributed by atoms with van der Waals surface area (Å²) < 4.78 is 51.7. The van der Waals surface area contributed by atoms with Gasteiger partial charge in [0, 0.05) is 18.8 Å². The van der Waals surface area contributed by atoms with Gasteiger partial charge in [0.1, 0.15) is 23.4 Å². The van der Waals surface area contributed by atoms with Crippen LogP contribution < -0.4 is 19.5 Å². The van der Waals surface area contributed by atoms with Crippen LogP contribution in [-0.4, -0.2) is 51.4 Å². The maximum atomic E-state index is 13.3. The quantitative estimate of drug-likeness (QED) is 0.286. The molecule has 0 aromatic heterocycles. The molecule has 0 aliphatic carbocycles. The number of nitrogens with one attached hydrogen (secondary N) is 2. The van der Waals surface area contributed by atoms with E-state index in [1.54, 1.807) is 26.2 Å². The highest BCUT2D eigenvalue weighted by Crippen LogP contribution is 2.20. The molecule has 1 atom stereocenters. The summed E-state index contributed by atoms with van der Waals surface area (Å²) in [4.78, 5) is 27.6. The number of ether oxygens (including phenoxy) is 2. The van der Waals surface area contributed by atoms with Gasteiger partial charge in [-0.3, -0.25) is 14.3 Å². The van der Waals surface area contributed by atoms with Gasteiger partial charge in [0.2, 0.25) is 5.91 Å². The maximum absolute atomic E-state index is 13.3. The highest BCUT2D eigenvalue weighted by molar-refractivity contribution is 7.92.